The first-order valence-electron chi connectivity index (χ1n) is 4.19. The second kappa shape index (κ2) is 3.08. The van der Waals surface area contributed by atoms with Gasteiger partial charge in [-0.15, -0.1) is 0 Å². The van der Waals surface area contributed by atoms with Crippen LogP contribution in [0.4, 0.5) is 0 Å². The summed E-state index contributed by atoms with van der Waals surface area (Å²) < 4.78 is 0. The Balaban J connectivity index is 3.05. The summed E-state index contributed by atoms with van der Waals surface area (Å²) in [5.41, 5.74) is 4.32. The van der Waals surface area contributed by atoms with E-state index >= 15 is 0 Å². The second-order valence-electron chi connectivity index (χ2n) is 3.31. The number of hydrogen-bond acceptors (Lipinski definition) is 0. The normalized spacial score (nSPS) is 26.7. The molecule has 0 fully saturated rings. The summed E-state index contributed by atoms with van der Waals surface area (Å²) in [7, 11) is 0. The SMILES string of the molecule is CC=C1C(=C(C)C)C=CC1C. The predicted molar refractivity (Wildman–Crippen MR) is 50.4 cm³/mol. The maximum Gasteiger partial charge on any atom is -0.000446 e. The lowest BCUT2D eigenvalue weighted by atomic mass is 9.98. The molecule has 1 aliphatic carbocycles. The first-order valence-corrected chi connectivity index (χ1v) is 4.19. The third-order valence-electron chi connectivity index (χ3n) is 2.20. The fourth-order valence-corrected chi connectivity index (χ4v) is 1.56. The Morgan fingerprint density at radius 3 is 2.45 bits per heavy atom. The first-order chi connectivity index (χ1) is 5.16. The lowest BCUT2D eigenvalue weighted by Crippen LogP contribution is -1.91. The van der Waals surface area contributed by atoms with E-state index in [0.29, 0.717) is 5.92 Å². The fraction of sp³-hybridized carbons (Fsp3) is 0.455. The van der Waals surface area contributed by atoms with Crippen molar-refractivity contribution in [1.82, 2.24) is 0 Å². The molecule has 0 radical (unpaired) electrons. The van der Waals surface area contributed by atoms with E-state index in [2.05, 4.69) is 45.9 Å². The summed E-state index contributed by atoms with van der Waals surface area (Å²) in [4.78, 5) is 0. The van der Waals surface area contributed by atoms with Gasteiger partial charge in [0.05, 0.1) is 0 Å². The van der Waals surface area contributed by atoms with E-state index in [1.807, 2.05) is 0 Å². The van der Waals surface area contributed by atoms with Gasteiger partial charge in [0.15, 0.2) is 0 Å². The van der Waals surface area contributed by atoms with E-state index < -0.39 is 0 Å². The third-order valence-corrected chi connectivity index (χ3v) is 2.20. The Bertz CT molecular complexity index is 235. The number of allylic oxidation sites excluding steroid dienone is 6. The Morgan fingerprint density at radius 2 is 2.09 bits per heavy atom. The zero-order valence-corrected chi connectivity index (χ0v) is 7.81. The molecule has 0 aromatic rings. The molecular weight excluding hydrogens is 132 g/mol. The Labute approximate surface area is 69.3 Å². The summed E-state index contributed by atoms with van der Waals surface area (Å²) in [6, 6.07) is 0. The van der Waals surface area contributed by atoms with Crippen molar-refractivity contribution >= 4 is 0 Å². The van der Waals surface area contributed by atoms with Gasteiger partial charge in [0.2, 0.25) is 0 Å². The summed E-state index contributed by atoms with van der Waals surface area (Å²) in [6.07, 6.45) is 6.71. The molecule has 0 aromatic heterocycles. The van der Waals surface area contributed by atoms with Crippen molar-refractivity contribution in [2.24, 2.45) is 5.92 Å². The zero-order valence-electron chi connectivity index (χ0n) is 7.81. The molecule has 0 N–H and O–H groups in total. The summed E-state index contributed by atoms with van der Waals surface area (Å²) >= 11 is 0. The molecule has 11 heavy (non-hydrogen) atoms. The van der Waals surface area contributed by atoms with Gasteiger partial charge in [0.25, 0.3) is 0 Å². The van der Waals surface area contributed by atoms with Crippen LogP contribution in [0, 0.1) is 5.92 Å². The average molecular weight is 148 g/mol. The third kappa shape index (κ3) is 1.45. The highest BCUT2D eigenvalue weighted by molar-refractivity contribution is 5.50. The Morgan fingerprint density at radius 1 is 1.45 bits per heavy atom. The van der Waals surface area contributed by atoms with E-state index in [1.54, 1.807) is 0 Å². The van der Waals surface area contributed by atoms with E-state index in [1.165, 1.54) is 16.7 Å². The van der Waals surface area contributed by atoms with E-state index in [4.69, 9.17) is 0 Å². The van der Waals surface area contributed by atoms with Gasteiger partial charge in [-0.1, -0.05) is 30.7 Å². The Kier molecular flexibility index (Phi) is 2.33. The molecule has 0 nitrogen and oxygen atoms in total. The van der Waals surface area contributed by atoms with Crippen molar-refractivity contribution in [2.75, 3.05) is 0 Å². The van der Waals surface area contributed by atoms with Crippen LogP contribution in [0.5, 0.6) is 0 Å². The lowest BCUT2D eigenvalue weighted by Gasteiger charge is -2.06. The topological polar surface area (TPSA) is 0 Å². The van der Waals surface area contributed by atoms with Crippen molar-refractivity contribution < 1.29 is 0 Å². The van der Waals surface area contributed by atoms with E-state index in [0.717, 1.165) is 0 Å². The van der Waals surface area contributed by atoms with Crippen LogP contribution in [0.1, 0.15) is 27.7 Å². The highest BCUT2D eigenvalue weighted by Gasteiger charge is 2.14. The largest absolute Gasteiger partial charge is 0.0833 e. The molecule has 0 heteroatoms. The average Bonchev–Trinajstić information content (AvgIpc) is 2.30. The number of hydrogen-bond donors (Lipinski definition) is 0. The number of rotatable bonds is 0. The van der Waals surface area contributed by atoms with Crippen LogP contribution in [0.15, 0.2) is 34.9 Å². The van der Waals surface area contributed by atoms with E-state index in [9.17, 15) is 0 Å². The molecule has 1 aliphatic rings. The maximum absolute atomic E-state index is 2.26. The minimum Gasteiger partial charge on any atom is -0.0833 e. The standard InChI is InChI=1S/C11H16/c1-5-10-9(4)6-7-11(10)8(2)3/h5-7,9H,1-4H3. The second-order valence-corrected chi connectivity index (χ2v) is 3.31. The zero-order chi connectivity index (χ0) is 8.43. The maximum atomic E-state index is 2.26. The smallest absolute Gasteiger partial charge is 0.000446 e. The minimum atomic E-state index is 0.616. The quantitative estimate of drug-likeness (QED) is 0.493. The van der Waals surface area contributed by atoms with Crippen LogP contribution in [0.25, 0.3) is 0 Å². The monoisotopic (exact) mass is 148 g/mol. The van der Waals surface area contributed by atoms with Gasteiger partial charge in [-0.05, 0) is 37.8 Å². The summed E-state index contributed by atoms with van der Waals surface area (Å²) in [5, 5.41) is 0. The van der Waals surface area contributed by atoms with Gasteiger partial charge in [-0.2, -0.15) is 0 Å². The minimum absolute atomic E-state index is 0.616. The molecule has 1 rings (SSSR count). The van der Waals surface area contributed by atoms with Gasteiger partial charge in [0, 0.05) is 0 Å². The van der Waals surface area contributed by atoms with Gasteiger partial charge in [0.1, 0.15) is 0 Å². The van der Waals surface area contributed by atoms with Gasteiger partial charge in [-0.25, -0.2) is 0 Å². The lowest BCUT2D eigenvalue weighted by molar-refractivity contribution is 0.903. The summed E-state index contributed by atoms with van der Waals surface area (Å²) in [6.45, 7) is 8.69. The van der Waals surface area contributed by atoms with Gasteiger partial charge in [-0.3, -0.25) is 0 Å². The van der Waals surface area contributed by atoms with Crippen molar-refractivity contribution in [3.63, 3.8) is 0 Å². The molecule has 60 valence electrons. The van der Waals surface area contributed by atoms with Crippen LogP contribution >= 0.6 is 0 Å². The highest BCUT2D eigenvalue weighted by atomic mass is 14.2. The molecule has 0 heterocycles. The van der Waals surface area contributed by atoms with Crippen LogP contribution in [0.3, 0.4) is 0 Å². The summed E-state index contributed by atoms with van der Waals surface area (Å²) in [5.74, 6) is 0.616. The molecular formula is C11H16. The molecule has 0 aromatic carbocycles. The highest BCUT2D eigenvalue weighted by Crippen LogP contribution is 2.30. The van der Waals surface area contributed by atoms with Gasteiger partial charge >= 0.3 is 0 Å². The molecule has 0 spiro atoms. The van der Waals surface area contributed by atoms with Crippen molar-refractivity contribution in [2.45, 2.75) is 27.7 Å². The molecule has 0 bridgehead atoms. The van der Waals surface area contributed by atoms with Crippen LogP contribution < -0.4 is 0 Å². The van der Waals surface area contributed by atoms with Crippen LogP contribution in [0.2, 0.25) is 0 Å². The van der Waals surface area contributed by atoms with E-state index in [-0.39, 0.29) is 0 Å². The molecule has 1 atom stereocenters. The molecule has 0 aliphatic heterocycles. The van der Waals surface area contributed by atoms with Crippen molar-refractivity contribution in [3.8, 4) is 0 Å². The Hall–Kier alpha value is -0.780. The van der Waals surface area contributed by atoms with Gasteiger partial charge < -0.3 is 0 Å². The predicted octanol–water partition coefficient (Wildman–Crippen LogP) is 3.48. The molecule has 0 amide bonds. The fourth-order valence-electron chi connectivity index (χ4n) is 1.56. The molecule has 0 saturated heterocycles. The molecule has 1 unspecified atom stereocenters. The van der Waals surface area contributed by atoms with Crippen molar-refractivity contribution in [3.05, 3.63) is 34.9 Å². The first kappa shape index (κ1) is 8.32. The van der Waals surface area contributed by atoms with Crippen LogP contribution in [-0.2, 0) is 0 Å². The molecule has 0 saturated carbocycles. The van der Waals surface area contributed by atoms with Crippen LogP contribution in [-0.4, -0.2) is 0 Å². The van der Waals surface area contributed by atoms with Crippen molar-refractivity contribution in [1.29, 1.82) is 0 Å².